The molecule has 0 aliphatic carbocycles. The number of amides is 2. The van der Waals surface area contributed by atoms with Crippen molar-refractivity contribution in [2.24, 2.45) is 5.73 Å². The van der Waals surface area contributed by atoms with E-state index in [0.717, 1.165) is 12.8 Å². The maximum absolute atomic E-state index is 11.6. The molecule has 0 spiro atoms. The average Bonchev–Trinajstić information content (AvgIpc) is 2.62. The third-order valence-corrected chi connectivity index (χ3v) is 4.59. The summed E-state index contributed by atoms with van der Waals surface area (Å²) in [7, 11) is 0. The molecule has 0 saturated heterocycles. The lowest BCUT2D eigenvalue weighted by Gasteiger charge is -2.04. The molecule has 0 rings (SSSR count). The van der Waals surface area contributed by atoms with E-state index in [0.29, 0.717) is 25.8 Å². The largest absolute Gasteiger partial charge is 0.370 e. The molecule has 4 nitrogen and oxygen atoms in total. The second kappa shape index (κ2) is 20.0. The van der Waals surface area contributed by atoms with Crippen molar-refractivity contribution in [1.82, 2.24) is 5.32 Å². The third kappa shape index (κ3) is 20.7. The number of carbonyl (C=O) groups excluding carboxylic acids is 2. The lowest BCUT2D eigenvalue weighted by Crippen LogP contribution is -2.25. The van der Waals surface area contributed by atoms with Crippen molar-refractivity contribution >= 4 is 11.8 Å². The third-order valence-electron chi connectivity index (χ3n) is 4.59. The van der Waals surface area contributed by atoms with Gasteiger partial charge in [0, 0.05) is 19.4 Å². The van der Waals surface area contributed by atoms with Crippen molar-refractivity contribution in [2.45, 2.75) is 110 Å². The lowest BCUT2D eigenvalue weighted by molar-refractivity contribution is -0.122. The van der Waals surface area contributed by atoms with Gasteiger partial charge in [-0.1, -0.05) is 70.4 Å². The van der Waals surface area contributed by atoms with Crippen LogP contribution in [0.5, 0.6) is 0 Å². The molecule has 2 amide bonds. The van der Waals surface area contributed by atoms with Gasteiger partial charge in [0.1, 0.15) is 0 Å². The molecule has 4 heteroatoms. The summed E-state index contributed by atoms with van der Waals surface area (Å²) >= 11 is 0. The van der Waals surface area contributed by atoms with Crippen LogP contribution >= 0.6 is 0 Å². The van der Waals surface area contributed by atoms with E-state index in [1.54, 1.807) is 0 Å². The minimum absolute atomic E-state index is 0.0899. The van der Waals surface area contributed by atoms with Crippen LogP contribution in [0.4, 0.5) is 0 Å². The van der Waals surface area contributed by atoms with Crippen LogP contribution in [0.3, 0.4) is 0 Å². The molecular weight excluding hydrogens is 324 g/mol. The minimum atomic E-state index is -0.309. The summed E-state index contributed by atoms with van der Waals surface area (Å²) in [4.78, 5) is 22.2. The van der Waals surface area contributed by atoms with Crippen molar-refractivity contribution in [3.05, 3.63) is 12.2 Å². The molecule has 0 fully saturated rings. The van der Waals surface area contributed by atoms with Gasteiger partial charge in [0.05, 0.1) is 0 Å². The maximum Gasteiger partial charge on any atom is 0.219 e. The predicted octanol–water partition coefficient (Wildman–Crippen LogP) is 5.41. The minimum Gasteiger partial charge on any atom is -0.370 e. The number of nitrogens with one attached hydrogen (secondary N) is 1. The van der Waals surface area contributed by atoms with Crippen LogP contribution in [0.15, 0.2) is 12.2 Å². The fourth-order valence-electron chi connectivity index (χ4n) is 2.94. The molecular formula is C22H42N2O2. The van der Waals surface area contributed by atoms with Crippen molar-refractivity contribution < 1.29 is 9.59 Å². The Balaban J connectivity index is 3.22. The summed E-state index contributed by atoms with van der Waals surface area (Å²) in [6.07, 6.45) is 22.7. The Kier molecular flexibility index (Phi) is 19.0. The van der Waals surface area contributed by atoms with E-state index in [9.17, 15) is 9.59 Å². The molecule has 0 radical (unpaired) electrons. The molecule has 0 aromatic carbocycles. The van der Waals surface area contributed by atoms with E-state index < -0.39 is 0 Å². The van der Waals surface area contributed by atoms with E-state index in [-0.39, 0.29) is 11.8 Å². The summed E-state index contributed by atoms with van der Waals surface area (Å²) in [5, 5.41) is 2.83. The summed E-state index contributed by atoms with van der Waals surface area (Å²) in [5.74, 6) is -0.219. The smallest absolute Gasteiger partial charge is 0.219 e. The summed E-state index contributed by atoms with van der Waals surface area (Å²) in [6, 6.07) is 0. The fraction of sp³-hybridized carbons (Fsp3) is 0.818. The van der Waals surface area contributed by atoms with E-state index in [4.69, 9.17) is 5.73 Å². The van der Waals surface area contributed by atoms with Crippen molar-refractivity contribution in [3.63, 3.8) is 0 Å². The Morgan fingerprint density at radius 3 is 1.85 bits per heavy atom. The molecule has 0 aliphatic rings. The number of hydrogen-bond acceptors (Lipinski definition) is 2. The van der Waals surface area contributed by atoms with Crippen LogP contribution in [0.2, 0.25) is 0 Å². The van der Waals surface area contributed by atoms with E-state index in [2.05, 4.69) is 24.4 Å². The second-order valence-electron chi connectivity index (χ2n) is 7.25. The molecule has 0 heterocycles. The van der Waals surface area contributed by atoms with Crippen LogP contribution in [-0.4, -0.2) is 18.4 Å². The molecule has 0 atom stereocenters. The molecule has 0 saturated carbocycles. The molecule has 0 bridgehead atoms. The van der Waals surface area contributed by atoms with Gasteiger partial charge >= 0.3 is 0 Å². The summed E-state index contributed by atoms with van der Waals surface area (Å²) < 4.78 is 0. The second-order valence-corrected chi connectivity index (χ2v) is 7.25. The van der Waals surface area contributed by atoms with Crippen LogP contribution in [-0.2, 0) is 9.59 Å². The molecule has 3 N–H and O–H groups in total. The Morgan fingerprint density at radius 1 is 0.731 bits per heavy atom. The molecule has 26 heavy (non-hydrogen) atoms. The number of allylic oxidation sites excluding steroid dienone is 2. The van der Waals surface area contributed by atoms with Crippen LogP contribution < -0.4 is 11.1 Å². The van der Waals surface area contributed by atoms with Gasteiger partial charge in [0.25, 0.3) is 0 Å². The zero-order valence-electron chi connectivity index (χ0n) is 17.1. The summed E-state index contributed by atoms with van der Waals surface area (Å²) in [5.41, 5.74) is 5.05. The number of hydrogen-bond donors (Lipinski definition) is 2. The average molecular weight is 367 g/mol. The normalized spacial score (nSPS) is 11.1. The Hall–Kier alpha value is -1.32. The van der Waals surface area contributed by atoms with Gasteiger partial charge in [0.2, 0.25) is 11.8 Å². The lowest BCUT2D eigenvalue weighted by atomic mass is 10.1. The van der Waals surface area contributed by atoms with Crippen LogP contribution in [0, 0.1) is 0 Å². The first kappa shape index (κ1) is 24.7. The monoisotopic (exact) mass is 366 g/mol. The molecule has 0 aliphatic heterocycles. The first-order valence-corrected chi connectivity index (χ1v) is 10.9. The Morgan fingerprint density at radius 2 is 1.27 bits per heavy atom. The number of primary amides is 1. The maximum atomic E-state index is 11.6. The Bertz CT molecular complexity index is 367. The van der Waals surface area contributed by atoms with E-state index in [1.165, 1.54) is 70.6 Å². The number of rotatable bonds is 19. The molecule has 0 aromatic heterocycles. The van der Waals surface area contributed by atoms with Gasteiger partial charge in [-0.2, -0.15) is 0 Å². The Labute approximate surface area is 161 Å². The standard InChI is InChI=1S/C22H42N2O2/c1-2-3-4-5-6-7-8-9-10-11-12-13-14-15-16-19-22(26)24-20-17-18-21(23)25/h9-10H,2-8,11-20H2,1H3,(H2,23,25)(H,24,26)/b10-9-. The van der Waals surface area contributed by atoms with Gasteiger partial charge in [-0.3, -0.25) is 9.59 Å². The topological polar surface area (TPSA) is 72.2 Å². The highest BCUT2D eigenvalue weighted by Crippen LogP contribution is 2.09. The van der Waals surface area contributed by atoms with Crippen molar-refractivity contribution in [2.75, 3.05) is 6.54 Å². The zero-order chi connectivity index (χ0) is 19.3. The van der Waals surface area contributed by atoms with Gasteiger partial charge < -0.3 is 11.1 Å². The van der Waals surface area contributed by atoms with Crippen molar-refractivity contribution in [1.29, 1.82) is 0 Å². The molecule has 0 unspecified atom stereocenters. The van der Waals surface area contributed by atoms with Gasteiger partial charge in [-0.15, -0.1) is 0 Å². The fourth-order valence-corrected chi connectivity index (χ4v) is 2.94. The van der Waals surface area contributed by atoms with Crippen LogP contribution in [0.25, 0.3) is 0 Å². The molecule has 152 valence electrons. The van der Waals surface area contributed by atoms with Crippen LogP contribution in [0.1, 0.15) is 110 Å². The van der Waals surface area contributed by atoms with E-state index >= 15 is 0 Å². The quantitative estimate of drug-likeness (QED) is 0.237. The number of carbonyl (C=O) groups is 2. The van der Waals surface area contributed by atoms with Gasteiger partial charge in [-0.25, -0.2) is 0 Å². The van der Waals surface area contributed by atoms with Gasteiger partial charge in [-0.05, 0) is 38.5 Å². The summed E-state index contributed by atoms with van der Waals surface area (Å²) in [6.45, 7) is 2.81. The molecule has 0 aromatic rings. The highest BCUT2D eigenvalue weighted by molar-refractivity contribution is 5.76. The van der Waals surface area contributed by atoms with E-state index in [1.807, 2.05) is 0 Å². The van der Waals surface area contributed by atoms with Crippen molar-refractivity contribution in [3.8, 4) is 0 Å². The first-order chi connectivity index (χ1) is 12.7. The zero-order valence-corrected chi connectivity index (χ0v) is 17.1. The first-order valence-electron chi connectivity index (χ1n) is 10.9. The number of nitrogens with two attached hydrogens (primary N) is 1. The number of unbranched alkanes of at least 4 members (excludes halogenated alkanes) is 11. The highest BCUT2D eigenvalue weighted by atomic mass is 16.2. The highest BCUT2D eigenvalue weighted by Gasteiger charge is 2.01. The SMILES string of the molecule is CCCCCCCC/C=C\CCCCCCCC(=O)NCCCC(N)=O. The predicted molar refractivity (Wildman–Crippen MR) is 111 cm³/mol. The van der Waals surface area contributed by atoms with Gasteiger partial charge in [0.15, 0.2) is 0 Å².